The van der Waals surface area contributed by atoms with E-state index in [1.165, 1.54) is 13.5 Å². The van der Waals surface area contributed by atoms with E-state index < -0.39 is 15.6 Å². The number of para-hydroxylation sites is 1. The minimum atomic E-state index is -2.45. The zero-order chi connectivity index (χ0) is 15.6. The molecule has 1 N–H and O–H groups in total. The van der Waals surface area contributed by atoms with Gasteiger partial charge >= 0.3 is 0 Å². The number of amides is 1. The molecule has 1 aromatic rings. The molecule has 6 heteroatoms. The van der Waals surface area contributed by atoms with E-state index in [1.807, 2.05) is 0 Å². The topological polar surface area (TPSA) is 67.8 Å². The van der Waals surface area contributed by atoms with Gasteiger partial charge < -0.3 is 10.1 Å². The summed E-state index contributed by atoms with van der Waals surface area (Å²) in [5.74, 6) is 1.05. The summed E-state index contributed by atoms with van der Waals surface area (Å²) in [4.78, 5) is 12.4. The van der Waals surface area contributed by atoms with Crippen LogP contribution in [0.15, 0.2) is 28.6 Å². The van der Waals surface area contributed by atoms with Crippen LogP contribution in [0.3, 0.4) is 0 Å². The number of hydrogen-bond acceptors (Lipinski definition) is 4. The van der Waals surface area contributed by atoms with Gasteiger partial charge in [-0.05, 0) is 44.4 Å². The van der Waals surface area contributed by atoms with Crippen LogP contribution >= 0.6 is 0 Å². The Morgan fingerprint density at radius 2 is 2.00 bits per heavy atom. The monoisotopic (exact) mass is 322 g/mol. The molecule has 0 aromatic heterocycles. The third kappa shape index (κ3) is 3.03. The van der Waals surface area contributed by atoms with Gasteiger partial charge in [-0.1, -0.05) is 12.1 Å². The lowest BCUT2D eigenvalue weighted by molar-refractivity contribution is 0.100. The minimum Gasteiger partial charge on any atom is -0.496 e. The molecule has 22 heavy (non-hydrogen) atoms. The molecule has 0 radical (unpaired) electrons. The average Bonchev–Trinajstić information content (AvgIpc) is 2.99. The van der Waals surface area contributed by atoms with E-state index >= 15 is 0 Å². The first-order valence-electron chi connectivity index (χ1n) is 7.71. The van der Waals surface area contributed by atoms with Gasteiger partial charge in [0.25, 0.3) is 5.91 Å². The Labute approximate surface area is 131 Å². The number of nitrogens with one attached hydrogen (secondary N) is 1. The van der Waals surface area contributed by atoms with E-state index in [4.69, 9.17) is 4.74 Å². The summed E-state index contributed by atoms with van der Waals surface area (Å²) >= 11 is 0. The molecule has 0 saturated carbocycles. The Balaban J connectivity index is 1.80. The van der Waals surface area contributed by atoms with Crippen LogP contribution < -0.4 is 10.1 Å². The van der Waals surface area contributed by atoms with Crippen LogP contribution in [0, 0.1) is 0 Å². The first kappa shape index (κ1) is 15.5. The Morgan fingerprint density at radius 1 is 1.27 bits per heavy atom. The fraction of sp³-hybridized carbons (Fsp3) is 0.562. The molecule has 2 aliphatic rings. The molecule has 1 spiro atoms. The lowest BCUT2D eigenvalue weighted by atomic mass is 9.91. The lowest BCUT2D eigenvalue weighted by Gasteiger charge is -2.34. The summed E-state index contributed by atoms with van der Waals surface area (Å²) in [6.07, 6.45) is 4.00. The van der Waals surface area contributed by atoms with Crippen LogP contribution in [0.25, 0.3) is 0 Å². The summed E-state index contributed by atoms with van der Waals surface area (Å²) in [7, 11) is -0.930. The predicted octanol–water partition coefficient (Wildman–Crippen LogP) is 2.22. The minimum absolute atomic E-state index is 0.143. The van der Waals surface area contributed by atoms with Crippen molar-refractivity contribution in [2.24, 2.45) is 4.36 Å². The molecular formula is C16H22N2O3S. The SMILES string of the molecule is COc1ccccc1C(=O)N=S1(=O)CCC2(CCCN2)CC1. The largest absolute Gasteiger partial charge is 0.496 e. The van der Waals surface area contributed by atoms with E-state index in [-0.39, 0.29) is 5.54 Å². The fourth-order valence-corrected chi connectivity index (χ4v) is 5.55. The van der Waals surface area contributed by atoms with Crippen LogP contribution in [0.4, 0.5) is 0 Å². The summed E-state index contributed by atoms with van der Waals surface area (Å²) in [6, 6.07) is 6.94. The third-order valence-electron chi connectivity index (χ3n) is 4.72. The maximum atomic E-state index is 12.9. The van der Waals surface area contributed by atoms with Crippen molar-refractivity contribution in [2.75, 3.05) is 25.2 Å². The Kier molecular flexibility index (Phi) is 4.23. The van der Waals surface area contributed by atoms with Gasteiger partial charge in [-0.25, -0.2) is 4.21 Å². The molecule has 0 unspecified atom stereocenters. The fourth-order valence-electron chi connectivity index (χ4n) is 3.35. The van der Waals surface area contributed by atoms with Crippen molar-refractivity contribution in [3.8, 4) is 5.75 Å². The zero-order valence-corrected chi connectivity index (χ0v) is 13.7. The average molecular weight is 322 g/mol. The molecule has 120 valence electrons. The number of rotatable bonds is 2. The van der Waals surface area contributed by atoms with Gasteiger partial charge in [-0.2, -0.15) is 4.36 Å². The maximum Gasteiger partial charge on any atom is 0.288 e. The number of methoxy groups -OCH3 is 1. The standard InChI is InChI=1S/C16H22N2O3S/c1-21-14-6-3-2-5-13(14)15(19)18-22(20)11-8-16(9-12-22)7-4-10-17-16/h2-3,5-6,17H,4,7-12H2,1H3. The molecule has 1 amide bonds. The second kappa shape index (κ2) is 6.01. The highest BCUT2D eigenvalue weighted by Gasteiger charge is 2.38. The van der Waals surface area contributed by atoms with E-state index in [0.717, 1.165) is 25.8 Å². The van der Waals surface area contributed by atoms with Gasteiger partial charge in [0.15, 0.2) is 0 Å². The van der Waals surface area contributed by atoms with Gasteiger partial charge in [-0.3, -0.25) is 4.79 Å². The van der Waals surface area contributed by atoms with Gasteiger partial charge in [0.05, 0.1) is 22.4 Å². The number of carbonyl (C=O) groups is 1. The van der Waals surface area contributed by atoms with Crippen molar-refractivity contribution in [3.05, 3.63) is 29.8 Å². The van der Waals surface area contributed by atoms with E-state index in [1.54, 1.807) is 24.3 Å². The van der Waals surface area contributed by atoms with Crippen molar-refractivity contribution < 1.29 is 13.7 Å². The Bertz CT molecular complexity index is 670. The maximum absolute atomic E-state index is 12.9. The first-order chi connectivity index (χ1) is 10.6. The smallest absolute Gasteiger partial charge is 0.288 e. The van der Waals surface area contributed by atoms with Gasteiger partial charge in [-0.15, -0.1) is 0 Å². The lowest BCUT2D eigenvalue weighted by Crippen LogP contribution is -2.46. The zero-order valence-electron chi connectivity index (χ0n) is 12.8. The van der Waals surface area contributed by atoms with Gasteiger partial charge in [0, 0.05) is 17.0 Å². The molecule has 2 saturated heterocycles. The summed E-state index contributed by atoms with van der Waals surface area (Å²) < 4.78 is 22.1. The van der Waals surface area contributed by atoms with Crippen molar-refractivity contribution in [1.29, 1.82) is 0 Å². The van der Waals surface area contributed by atoms with Crippen LogP contribution in [-0.4, -0.2) is 40.8 Å². The summed E-state index contributed by atoms with van der Waals surface area (Å²) in [5.41, 5.74) is 0.524. The highest BCUT2D eigenvalue weighted by Crippen LogP contribution is 2.32. The second-order valence-corrected chi connectivity index (χ2v) is 8.63. The highest BCUT2D eigenvalue weighted by atomic mass is 32.2. The van der Waals surface area contributed by atoms with E-state index in [2.05, 4.69) is 9.68 Å². The molecule has 1 aromatic carbocycles. The van der Waals surface area contributed by atoms with Gasteiger partial charge in [0.1, 0.15) is 5.75 Å². The molecule has 0 aliphatic carbocycles. The second-order valence-electron chi connectivity index (χ2n) is 6.09. The molecule has 2 fully saturated rings. The number of benzene rings is 1. The van der Waals surface area contributed by atoms with Crippen molar-refractivity contribution in [1.82, 2.24) is 5.32 Å². The van der Waals surface area contributed by atoms with E-state index in [9.17, 15) is 9.00 Å². The number of hydrogen-bond donors (Lipinski definition) is 1. The quantitative estimate of drug-likeness (QED) is 0.906. The molecule has 0 atom stereocenters. The van der Waals surface area contributed by atoms with Gasteiger partial charge in [0.2, 0.25) is 0 Å². The molecule has 5 nitrogen and oxygen atoms in total. The predicted molar refractivity (Wildman–Crippen MR) is 86.8 cm³/mol. The Hall–Kier alpha value is -1.40. The third-order valence-corrected chi connectivity index (χ3v) is 6.90. The van der Waals surface area contributed by atoms with Crippen LogP contribution in [0.5, 0.6) is 5.75 Å². The molecule has 2 heterocycles. The normalized spacial score (nSPS) is 31.1. The molecular weight excluding hydrogens is 300 g/mol. The van der Waals surface area contributed by atoms with Crippen molar-refractivity contribution in [2.45, 2.75) is 31.2 Å². The summed E-state index contributed by atoms with van der Waals surface area (Å²) in [5, 5.41) is 3.54. The number of nitrogens with zero attached hydrogens (tertiary/aromatic N) is 1. The van der Waals surface area contributed by atoms with E-state index in [0.29, 0.717) is 22.8 Å². The molecule has 0 bridgehead atoms. The highest BCUT2D eigenvalue weighted by molar-refractivity contribution is 7.93. The number of carbonyl (C=O) groups excluding carboxylic acids is 1. The van der Waals surface area contributed by atoms with Crippen LogP contribution in [0.1, 0.15) is 36.0 Å². The first-order valence-corrected chi connectivity index (χ1v) is 9.56. The molecule has 3 rings (SSSR count). The van der Waals surface area contributed by atoms with Crippen molar-refractivity contribution >= 4 is 15.6 Å². The summed E-state index contributed by atoms with van der Waals surface area (Å²) in [6.45, 7) is 1.04. The number of ether oxygens (including phenoxy) is 1. The van der Waals surface area contributed by atoms with Crippen LogP contribution in [-0.2, 0) is 9.73 Å². The van der Waals surface area contributed by atoms with Crippen molar-refractivity contribution in [3.63, 3.8) is 0 Å². The van der Waals surface area contributed by atoms with Crippen LogP contribution in [0.2, 0.25) is 0 Å². The Morgan fingerprint density at radius 3 is 2.64 bits per heavy atom. The molecule has 2 aliphatic heterocycles.